The molecule has 0 aliphatic heterocycles. The first-order valence-electron chi connectivity index (χ1n) is 12.1. The van der Waals surface area contributed by atoms with Crippen LogP contribution < -0.4 is 16.0 Å². The predicted octanol–water partition coefficient (Wildman–Crippen LogP) is 3.05. The van der Waals surface area contributed by atoms with Crippen molar-refractivity contribution in [2.45, 2.75) is 71.3 Å². The van der Waals surface area contributed by atoms with E-state index < -0.39 is 41.3 Å². The number of nitrogens with one attached hydrogen (secondary N) is 3. The third kappa shape index (κ3) is 6.14. The smallest absolute Gasteiger partial charge is 0.255 e. The Labute approximate surface area is 209 Å². The summed E-state index contributed by atoms with van der Waals surface area (Å²) in [6.45, 7) is 9.95. The number of hydrogen-bond acceptors (Lipinski definition) is 7. The number of aliphatic hydroxyl groups excluding tert-OH is 1. The fourth-order valence-corrected chi connectivity index (χ4v) is 3.89. The van der Waals surface area contributed by atoms with E-state index in [0.717, 1.165) is 12.1 Å². The molecule has 0 bridgehead atoms. The first kappa shape index (κ1) is 27.4. The minimum atomic E-state index is -1.28. The van der Waals surface area contributed by atoms with Gasteiger partial charge in [-0.3, -0.25) is 14.5 Å². The number of halogens is 2. The van der Waals surface area contributed by atoms with E-state index in [2.05, 4.69) is 25.9 Å². The van der Waals surface area contributed by atoms with Gasteiger partial charge in [-0.1, -0.05) is 13.8 Å². The van der Waals surface area contributed by atoms with Crippen LogP contribution in [0.2, 0.25) is 0 Å². The first-order chi connectivity index (χ1) is 17.0. The molecular formula is C25H34F2N6O3. The Balaban J connectivity index is 1.67. The van der Waals surface area contributed by atoms with E-state index in [1.54, 1.807) is 4.90 Å². The summed E-state index contributed by atoms with van der Waals surface area (Å²) in [5.74, 6) is -2.12. The Hall–Kier alpha value is -3.18. The van der Waals surface area contributed by atoms with Crippen LogP contribution in [0.4, 0.5) is 14.7 Å². The zero-order valence-corrected chi connectivity index (χ0v) is 21.2. The number of rotatable bonds is 11. The molecular weight excluding hydrogens is 470 g/mol. The molecule has 3 rings (SSSR count). The Morgan fingerprint density at radius 2 is 1.61 bits per heavy atom. The zero-order chi connectivity index (χ0) is 26.6. The summed E-state index contributed by atoms with van der Waals surface area (Å²) in [6.07, 6.45) is 2.29. The number of carbonyl (C=O) groups excluding carboxylic acids is 2. The summed E-state index contributed by atoms with van der Waals surface area (Å²) in [5.41, 5.74) is -1.15. The van der Waals surface area contributed by atoms with Crippen molar-refractivity contribution >= 4 is 17.8 Å². The van der Waals surface area contributed by atoms with E-state index in [1.807, 2.05) is 27.7 Å². The Morgan fingerprint density at radius 1 is 1.06 bits per heavy atom. The summed E-state index contributed by atoms with van der Waals surface area (Å²) < 4.78 is 29.7. The van der Waals surface area contributed by atoms with Crippen molar-refractivity contribution < 1.29 is 23.5 Å². The molecule has 1 fully saturated rings. The summed E-state index contributed by atoms with van der Waals surface area (Å²) in [7, 11) is 0. The fourth-order valence-electron chi connectivity index (χ4n) is 3.89. The van der Waals surface area contributed by atoms with Crippen molar-refractivity contribution in [3.63, 3.8) is 0 Å². The second kappa shape index (κ2) is 11.3. The van der Waals surface area contributed by atoms with Crippen molar-refractivity contribution in [1.82, 2.24) is 25.5 Å². The molecule has 36 heavy (non-hydrogen) atoms. The fraction of sp³-hybridized carbons (Fsp3) is 0.520. The molecule has 9 nitrogen and oxygen atoms in total. The number of benzene rings is 1. The van der Waals surface area contributed by atoms with Crippen molar-refractivity contribution in [3.05, 3.63) is 52.9 Å². The van der Waals surface area contributed by atoms with E-state index in [-0.39, 0.29) is 22.7 Å². The monoisotopic (exact) mass is 504 g/mol. The lowest BCUT2D eigenvalue weighted by Gasteiger charge is -2.26. The van der Waals surface area contributed by atoms with Gasteiger partial charge in [-0.2, -0.15) is 0 Å². The highest BCUT2D eigenvalue weighted by Gasteiger charge is 2.51. The molecule has 2 amide bonds. The summed E-state index contributed by atoms with van der Waals surface area (Å²) in [5, 5.41) is 18.8. The molecule has 11 heteroatoms. The van der Waals surface area contributed by atoms with Gasteiger partial charge in [0, 0.05) is 29.6 Å². The number of hydrogen-bond donors (Lipinski definition) is 4. The number of amides is 2. The molecule has 1 heterocycles. The Kier molecular flexibility index (Phi) is 8.57. The van der Waals surface area contributed by atoms with Crippen molar-refractivity contribution in [2.75, 3.05) is 18.4 Å². The predicted molar refractivity (Wildman–Crippen MR) is 131 cm³/mol. The molecule has 2 aromatic rings. The van der Waals surface area contributed by atoms with Crippen LogP contribution in [0.5, 0.6) is 0 Å². The third-order valence-electron chi connectivity index (χ3n) is 6.24. The van der Waals surface area contributed by atoms with Crippen LogP contribution in [0.1, 0.15) is 81.2 Å². The molecule has 1 aromatic heterocycles. The minimum Gasteiger partial charge on any atom is -0.374 e. The number of aliphatic hydroxyl groups is 1. The van der Waals surface area contributed by atoms with Crippen LogP contribution in [0.3, 0.4) is 0 Å². The van der Waals surface area contributed by atoms with Crippen molar-refractivity contribution in [1.29, 1.82) is 0 Å². The van der Waals surface area contributed by atoms with Crippen molar-refractivity contribution in [2.24, 2.45) is 0 Å². The molecule has 2 atom stereocenters. The molecule has 4 N–H and O–H groups in total. The molecule has 0 radical (unpaired) electrons. The van der Waals surface area contributed by atoms with Gasteiger partial charge in [-0.25, -0.2) is 18.7 Å². The van der Waals surface area contributed by atoms with Gasteiger partial charge in [0.15, 0.2) is 0 Å². The molecule has 1 aromatic carbocycles. The Morgan fingerprint density at radius 3 is 2.14 bits per heavy atom. The van der Waals surface area contributed by atoms with Crippen LogP contribution in [0.25, 0.3) is 0 Å². The van der Waals surface area contributed by atoms with Crippen LogP contribution in [-0.2, 0) is 4.79 Å². The first-order valence-corrected chi connectivity index (χ1v) is 12.1. The molecule has 1 aliphatic carbocycles. The van der Waals surface area contributed by atoms with Crippen molar-refractivity contribution in [3.8, 4) is 0 Å². The van der Waals surface area contributed by atoms with Gasteiger partial charge in [0.25, 0.3) is 5.91 Å². The van der Waals surface area contributed by atoms with Crippen LogP contribution in [0, 0.1) is 11.6 Å². The lowest BCUT2D eigenvalue weighted by molar-refractivity contribution is -0.124. The van der Waals surface area contributed by atoms with Crippen LogP contribution >= 0.6 is 0 Å². The molecule has 1 unspecified atom stereocenters. The highest BCUT2D eigenvalue weighted by atomic mass is 19.1. The van der Waals surface area contributed by atoms with Crippen LogP contribution in [0.15, 0.2) is 24.5 Å². The van der Waals surface area contributed by atoms with Gasteiger partial charge in [-0.05, 0) is 58.8 Å². The van der Waals surface area contributed by atoms with E-state index in [1.165, 1.54) is 19.3 Å². The molecule has 196 valence electrons. The largest absolute Gasteiger partial charge is 0.374 e. The topological polar surface area (TPSA) is 119 Å². The quantitative estimate of drug-likeness (QED) is 0.347. The molecule has 0 saturated heterocycles. The maximum atomic E-state index is 14.9. The number of aromatic nitrogens is 2. The zero-order valence-electron chi connectivity index (χ0n) is 21.2. The van der Waals surface area contributed by atoms with Gasteiger partial charge in [0.1, 0.15) is 23.4 Å². The molecule has 0 spiro atoms. The highest BCUT2D eigenvalue weighted by Crippen LogP contribution is 2.37. The lowest BCUT2D eigenvalue weighted by Crippen LogP contribution is -2.49. The van der Waals surface area contributed by atoms with E-state index in [0.29, 0.717) is 31.9 Å². The second-order valence-corrected chi connectivity index (χ2v) is 9.32. The SMILES string of the molecule is CCN(CC)C(O)c1cc(F)c([C@@H](C)NC(=O)C2(NC(=O)c3cnc(NC(C)C)nc3)CC2)cc1F. The summed E-state index contributed by atoms with van der Waals surface area (Å²) in [6, 6.07) is 1.21. The van der Waals surface area contributed by atoms with E-state index in [9.17, 15) is 23.5 Å². The summed E-state index contributed by atoms with van der Waals surface area (Å²) >= 11 is 0. The maximum Gasteiger partial charge on any atom is 0.255 e. The maximum absolute atomic E-state index is 14.9. The highest BCUT2D eigenvalue weighted by molar-refractivity contribution is 6.00. The van der Waals surface area contributed by atoms with E-state index in [4.69, 9.17) is 0 Å². The van der Waals surface area contributed by atoms with Gasteiger partial charge >= 0.3 is 0 Å². The summed E-state index contributed by atoms with van der Waals surface area (Å²) in [4.78, 5) is 35.4. The lowest BCUT2D eigenvalue weighted by atomic mass is 10.0. The van der Waals surface area contributed by atoms with Gasteiger partial charge < -0.3 is 21.1 Å². The second-order valence-electron chi connectivity index (χ2n) is 9.32. The van der Waals surface area contributed by atoms with E-state index >= 15 is 0 Å². The van der Waals surface area contributed by atoms with Gasteiger partial charge in [0.2, 0.25) is 11.9 Å². The number of nitrogens with zero attached hydrogens (tertiary/aromatic N) is 3. The molecule has 1 saturated carbocycles. The number of carbonyl (C=O) groups is 2. The Bertz CT molecular complexity index is 1090. The third-order valence-corrected chi connectivity index (χ3v) is 6.24. The number of anilines is 1. The average molecular weight is 505 g/mol. The minimum absolute atomic E-state index is 0.0554. The van der Waals surface area contributed by atoms with Gasteiger partial charge in [0.05, 0.1) is 11.6 Å². The normalized spacial score (nSPS) is 15.9. The standard InChI is InChI=1S/C25H34F2N6O3/c1-6-33(7-2)22(35)18-11-19(26)17(10-20(18)27)15(5)31-23(36)25(8-9-25)32-21(34)16-12-28-24(29-13-16)30-14(3)4/h10-15,22,35H,6-9H2,1-5H3,(H,31,36)(H,32,34)(H,28,29,30)/t15-,22?/m1/s1. The average Bonchev–Trinajstić information content (AvgIpc) is 3.61. The van der Waals surface area contributed by atoms with Crippen LogP contribution in [-0.4, -0.2) is 56.5 Å². The van der Waals surface area contributed by atoms with Gasteiger partial charge in [-0.15, -0.1) is 0 Å². The molecule has 1 aliphatic rings.